The molecule has 13 nitrogen and oxygen atoms in total. The summed E-state index contributed by atoms with van der Waals surface area (Å²) < 4.78 is 10.6. The summed E-state index contributed by atoms with van der Waals surface area (Å²) in [5.41, 5.74) is 0.131. The quantitative estimate of drug-likeness (QED) is 0.263. The van der Waals surface area contributed by atoms with Crippen molar-refractivity contribution in [3.8, 4) is 0 Å². The first-order valence-electron chi connectivity index (χ1n) is 16.5. The summed E-state index contributed by atoms with van der Waals surface area (Å²) in [5, 5.41) is 5.59. The highest BCUT2D eigenvalue weighted by Crippen LogP contribution is 2.24. The minimum absolute atomic E-state index is 0.0708. The summed E-state index contributed by atoms with van der Waals surface area (Å²) in [6.45, 7) is 13.1. The Morgan fingerprint density at radius 3 is 2.17 bits per heavy atom. The number of likely N-dealkylation sites (tertiary alicyclic amines) is 1. The van der Waals surface area contributed by atoms with Gasteiger partial charge in [-0.05, 0) is 58.9 Å². The Labute approximate surface area is 287 Å². The molecule has 1 unspecified atom stereocenters. The van der Waals surface area contributed by atoms with E-state index in [-0.39, 0.29) is 30.0 Å². The van der Waals surface area contributed by atoms with Gasteiger partial charge in [-0.1, -0.05) is 44.2 Å². The van der Waals surface area contributed by atoms with Crippen LogP contribution in [0.2, 0.25) is 0 Å². The number of Topliss-reactive ketones (excluding diaryl/α,β-unsaturated/α-hetero) is 1. The largest absolute Gasteiger partial charge is 0.457 e. The van der Waals surface area contributed by atoms with Crippen LogP contribution in [0, 0.1) is 5.92 Å². The monoisotopic (exact) mass is 689 g/mol. The number of amides is 5. The molecule has 266 valence electrons. The van der Waals surface area contributed by atoms with E-state index in [1.54, 1.807) is 55.0 Å². The molecule has 14 heteroatoms. The highest BCUT2D eigenvalue weighted by atomic mass is 32.2. The Hall–Kier alpha value is -3.81. The summed E-state index contributed by atoms with van der Waals surface area (Å²) in [7, 11) is 1.69. The Kier molecular flexibility index (Phi) is 13.7. The van der Waals surface area contributed by atoms with E-state index < -0.39 is 65.5 Å². The van der Waals surface area contributed by atoms with Crippen molar-refractivity contribution in [3.63, 3.8) is 0 Å². The topological polar surface area (TPSA) is 155 Å². The van der Waals surface area contributed by atoms with E-state index >= 15 is 0 Å². The van der Waals surface area contributed by atoms with Gasteiger partial charge < -0.3 is 34.8 Å². The van der Waals surface area contributed by atoms with Crippen LogP contribution >= 0.6 is 11.8 Å². The number of nitrogens with one attached hydrogen (secondary N) is 2. The minimum Gasteiger partial charge on any atom is -0.457 e. The van der Waals surface area contributed by atoms with Crippen LogP contribution in [0.15, 0.2) is 30.3 Å². The first-order valence-corrected chi connectivity index (χ1v) is 17.6. The van der Waals surface area contributed by atoms with Crippen molar-refractivity contribution in [3.05, 3.63) is 35.9 Å². The van der Waals surface area contributed by atoms with Crippen molar-refractivity contribution in [2.24, 2.45) is 5.92 Å². The van der Waals surface area contributed by atoms with Gasteiger partial charge in [0.2, 0.25) is 11.8 Å². The van der Waals surface area contributed by atoms with Gasteiger partial charge in [-0.2, -0.15) is 0 Å². The molecule has 2 saturated heterocycles. The second kappa shape index (κ2) is 17.0. The Morgan fingerprint density at radius 2 is 1.60 bits per heavy atom. The number of carbonyl (C=O) groups excluding carboxylic acids is 6. The first kappa shape index (κ1) is 38.6. The Balaban J connectivity index is 1.66. The standard InChI is InChI=1S/C34H51N5O8S/c1-21(2)27(36-32(44)38-16-14-24(15-17-38)37(8)33(45)47-34(5,6)7)30(42)39-20-48-19-26(39)29(41)35-25(18-23-12-10-9-11-13-23)28(40)31(43)46-22(3)4/h9-13,21-22,24-27H,14-20H2,1-8H3,(H,35,41)(H,36,44)/t25-,26?,27-/m0/s1. The molecule has 48 heavy (non-hydrogen) atoms. The molecule has 2 aliphatic heterocycles. The Bertz CT molecular complexity index is 1310. The van der Waals surface area contributed by atoms with Crippen molar-refractivity contribution in [2.45, 2.75) is 104 Å². The number of hydrogen-bond donors (Lipinski definition) is 2. The molecular formula is C34H51N5O8S. The van der Waals surface area contributed by atoms with Crippen LogP contribution in [-0.4, -0.2) is 118 Å². The van der Waals surface area contributed by atoms with Crippen molar-refractivity contribution in [2.75, 3.05) is 31.8 Å². The molecule has 2 heterocycles. The number of ketones is 1. The zero-order valence-corrected chi connectivity index (χ0v) is 30.1. The molecular weight excluding hydrogens is 638 g/mol. The molecule has 0 radical (unpaired) electrons. The normalized spacial score (nSPS) is 18.2. The van der Waals surface area contributed by atoms with E-state index in [1.807, 2.05) is 40.7 Å². The van der Waals surface area contributed by atoms with Crippen LogP contribution in [0.4, 0.5) is 9.59 Å². The fourth-order valence-electron chi connectivity index (χ4n) is 5.47. The van der Waals surface area contributed by atoms with E-state index in [9.17, 15) is 28.8 Å². The maximum Gasteiger partial charge on any atom is 0.410 e. The molecule has 1 aromatic carbocycles. The number of hydrogen-bond acceptors (Lipinski definition) is 9. The van der Waals surface area contributed by atoms with E-state index in [2.05, 4.69) is 10.6 Å². The highest BCUT2D eigenvalue weighted by Gasteiger charge is 2.41. The maximum absolute atomic E-state index is 13.9. The van der Waals surface area contributed by atoms with Crippen LogP contribution in [0.25, 0.3) is 0 Å². The van der Waals surface area contributed by atoms with Gasteiger partial charge in [0.1, 0.15) is 23.7 Å². The van der Waals surface area contributed by atoms with Crippen LogP contribution in [0.1, 0.15) is 66.9 Å². The van der Waals surface area contributed by atoms with Crippen molar-refractivity contribution < 1.29 is 38.2 Å². The smallest absolute Gasteiger partial charge is 0.410 e. The number of piperidine rings is 1. The number of esters is 1. The van der Waals surface area contributed by atoms with Crippen molar-refractivity contribution >= 4 is 47.5 Å². The molecule has 0 aliphatic carbocycles. The molecule has 0 bridgehead atoms. The molecule has 2 aliphatic rings. The average molecular weight is 690 g/mol. The van der Waals surface area contributed by atoms with Crippen LogP contribution in [0.5, 0.6) is 0 Å². The van der Waals surface area contributed by atoms with Gasteiger partial charge in [-0.3, -0.25) is 14.4 Å². The number of nitrogens with zero attached hydrogens (tertiary/aromatic N) is 3. The molecule has 2 N–H and O–H groups in total. The van der Waals surface area contributed by atoms with E-state index in [1.165, 1.54) is 16.7 Å². The van der Waals surface area contributed by atoms with Crippen LogP contribution in [0.3, 0.4) is 0 Å². The molecule has 0 saturated carbocycles. The SMILES string of the molecule is CC(C)OC(=O)C(=O)[C@H](Cc1ccccc1)NC(=O)C1CSCN1C(=O)[C@@H](NC(=O)N1CCC(N(C)C(=O)OC(C)(C)C)CC1)C(C)C. The van der Waals surface area contributed by atoms with Gasteiger partial charge in [0.05, 0.1) is 12.0 Å². The summed E-state index contributed by atoms with van der Waals surface area (Å²) in [4.78, 5) is 83.6. The summed E-state index contributed by atoms with van der Waals surface area (Å²) in [6.07, 6.45) is 0.261. The zero-order valence-electron chi connectivity index (χ0n) is 29.3. The fourth-order valence-corrected chi connectivity index (χ4v) is 6.64. The van der Waals surface area contributed by atoms with E-state index in [0.717, 1.165) is 5.56 Å². The fraction of sp³-hybridized carbons (Fsp3) is 0.647. The molecule has 3 rings (SSSR count). The van der Waals surface area contributed by atoms with Crippen molar-refractivity contribution in [1.82, 2.24) is 25.3 Å². The van der Waals surface area contributed by atoms with E-state index in [4.69, 9.17) is 9.47 Å². The van der Waals surface area contributed by atoms with Gasteiger partial charge in [0.15, 0.2) is 0 Å². The number of benzene rings is 1. The predicted molar refractivity (Wildman–Crippen MR) is 182 cm³/mol. The molecule has 3 atom stereocenters. The van der Waals surface area contributed by atoms with Crippen LogP contribution in [-0.2, 0) is 35.1 Å². The number of rotatable bonds is 11. The van der Waals surface area contributed by atoms with Gasteiger partial charge in [-0.15, -0.1) is 11.8 Å². The summed E-state index contributed by atoms with van der Waals surface area (Å²) >= 11 is 1.39. The molecule has 0 spiro atoms. The second-order valence-corrected chi connectivity index (χ2v) is 14.9. The zero-order chi connectivity index (χ0) is 35.8. The lowest BCUT2D eigenvalue weighted by molar-refractivity contribution is -0.158. The molecule has 1 aromatic rings. The van der Waals surface area contributed by atoms with Gasteiger partial charge in [0.25, 0.3) is 5.78 Å². The summed E-state index contributed by atoms with van der Waals surface area (Å²) in [5.74, 6) is -2.66. The van der Waals surface area contributed by atoms with Crippen LogP contribution < -0.4 is 10.6 Å². The lowest BCUT2D eigenvalue weighted by Crippen LogP contribution is -2.59. The average Bonchev–Trinajstić information content (AvgIpc) is 3.52. The summed E-state index contributed by atoms with van der Waals surface area (Å²) in [6, 6.07) is 5.51. The highest BCUT2D eigenvalue weighted by molar-refractivity contribution is 7.99. The lowest BCUT2D eigenvalue weighted by atomic mass is 10.0. The third kappa shape index (κ3) is 10.9. The number of carbonyl (C=O) groups is 6. The predicted octanol–water partition coefficient (Wildman–Crippen LogP) is 3.20. The minimum atomic E-state index is -1.19. The van der Waals surface area contributed by atoms with E-state index in [0.29, 0.717) is 25.9 Å². The first-order chi connectivity index (χ1) is 22.5. The molecule has 2 fully saturated rings. The third-order valence-electron chi connectivity index (χ3n) is 8.12. The molecule has 0 aromatic heterocycles. The number of ether oxygens (including phenoxy) is 2. The molecule has 5 amide bonds. The number of urea groups is 1. The van der Waals surface area contributed by atoms with Crippen molar-refractivity contribution in [1.29, 1.82) is 0 Å². The lowest BCUT2D eigenvalue weighted by Gasteiger charge is -2.38. The Morgan fingerprint density at radius 1 is 0.979 bits per heavy atom. The second-order valence-electron chi connectivity index (χ2n) is 13.9. The van der Waals surface area contributed by atoms with Gasteiger partial charge >= 0.3 is 18.1 Å². The third-order valence-corrected chi connectivity index (χ3v) is 9.13. The van der Waals surface area contributed by atoms with Gasteiger partial charge in [-0.25, -0.2) is 14.4 Å². The number of thioether (sulfide) groups is 1. The van der Waals surface area contributed by atoms with Gasteiger partial charge in [0, 0.05) is 38.4 Å². The maximum atomic E-state index is 13.9.